The van der Waals surface area contributed by atoms with Gasteiger partial charge in [-0.15, -0.1) is 0 Å². The summed E-state index contributed by atoms with van der Waals surface area (Å²) in [5, 5.41) is 2.99. The number of likely N-dealkylation sites (tertiary alicyclic amines) is 1. The zero-order valence-electron chi connectivity index (χ0n) is 11.6. The molecule has 1 N–H and O–H groups in total. The van der Waals surface area contributed by atoms with Gasteiger partial charge in [0.2, 0.25) is 11.8 Å². The van der Waals surface area contributed by atoms with Gasteiger partial charge in [-0.1, -0.05) is 12.2 Å². The maximum Gasteiger partial charge on any atom is 0.225 e. The zero-order valence-corrected chi connectivity index (χ0v) is 11.6. The maximum atomic E-state index is 12.0. The number of hydrogen-bond donors (Lipinski definition) is 1. The van der Waals surface area contributed by atoms with Crippen LogP contribution < -0.4 is 5.32 Å². The van der Waals surface area contributed by atoms with Gasteiger partial charge in [-0.2, -0.15) is 0 Å². The Balaban J connectivity index is 1.64. The first kappa shape index (κ1) is 14.1. The molecule has 0 aromatic carbocycles. The minimum absolute atomic E-state index is 0.0230. The maximum absolute atomic E-state index is 12.0. The second-order valence-electron chi connectivity index (χ2n) is 5.30. The molecule has 0 aromatic rings. The molecule has 1 unspecified atom stereocenters. The first-order chi connectivity index (χ1) is 9.16. The minimum atomic E-state index is -0.0230. The summed E-state index contributed by atoms with van der Waals surface area (Å²) in [7, 11) is 0. The Labute approximate surface area is 114 Å². The Morgan fingerprint density at radius 1 is 1.32 bits per heavy atom. The van der Waals surface area contributed by atoms with Gasteiger partial charge in [-0.05, 0) is 12.8 Å². The van der Waals surface area contributed by atoms with Crippen molar-refractivity contribution < 1.29 is 9.59 Å². The van der Waals surface area contributed by atoms with Gasteiger partial charge >= 0.3 is 0 Å². The highest BCUT2D eigenvalue weighted by atomic mass is 16.2. The number of hydrogen-bond acceptors (Lipinski definition) is 3. The van der Waals surface area contributed by atoms with Crippen molar-refractivity contribution in [3.05, 3.63) is 12.2 Å². The number of nitrogens with zero attached hydrogens (tertiary/aromatic N) is 2. The summed E-state index contributed by atoms with van der Waals surface area (Å²) in [6.45, 7) is 6.51. The van der Waals surface area contributed by atoms with E-state index >= 15 is 0 Å². The molecule has 0 saturated carbocycles. The van der Waals surface area contributed by atoms with E-state index in [1.807, 2.05) is 0 Å². The molecule has 0 radical (unpaired) electrons. The number of carbonyl (C=O) groups excluding carboxylic acids is 2. The highest BCUT2D eigenvalue weighted by Gasteiger charge is 2.29. The lowest BCUT2D eigenvalue weighted by atomic mass is 10.1. The van der Waals surface area contributed by atoms with Crippen molar-refractivity contribution in [3.8, 4) is 0 Å². The second-order valence-corrected chi connectivity index (χ2v) is 5.30. The van der Waals surface area contributed by atoms with E-state index in [1.165, 1.54) is 0 Å². The van der Waals surface area contributed by atoms with Gasteiger partial charge < -0.3 is 10.2 Å². The van der Waals surface area contributed by atoms with E-state index in [9.17, 15) is 9.59 Å². The van der Waals surface area contributed by atoms with Crippen molar-refractivity contribution in [2.75, 3.05) is 39.3 Å². The van der Waals surface area contributed by atoms with Crippen LogP contribution in [0.2, 0.25) is 0 Å². The fourth-order valence-electron chi connectivity index (χ4n) is 2.63. The lowest BCUT2D eigenvalue weighted by Crippen LogP contribution is -2.39. The summed E-state index contributed by atoms with van der Waals surface area (Å²) >= 11 is 0. The predicted octanol–water partition coefficient (Wildman–Crippen LogP) is 0.233. The molecule has 0 aliphatic carbocycles. The van der Waals surface area contributed by atoms with Gasteiger partial charge in [0.05, 0.1) is 5.92 Å². The Hall–Kier alpha value is -1.36. The van der Waals surface area contributed by atoms with Crippen molar-refractivity contribution in [1.29, 1.82) is 0 Å². The van der Waals surface area contributed by atoms with E-state index in [4.69, 9.17) is 0 Å². The standard InChI is InChI=1S/C14H23N3O2/c1-12(18)17-9-5-13(11-17)14(19)15-6-10-16-7-3-2-4-8-16/h2-3,13H,4-11H2,1H3,(H,15,19). The summed E-state index contributed by atoms with van der Waals surface area (Å²) in [6, 6.07) is 0. The summed E-state index contributed by atoms with van der Waals surface area (Å²) in [5.41, 5.74) is 0. The van der Waals surface area contributed by atoms with Crippen LogP contribution in [0.15, 0.2) is 12.2 Å². The fourth-order valence-corrected chi connectivity index (χ4v) is 2.63. The first-order valence-corrected chi connectivity index (χ1v) is 7.07. The van der Waals surface area contributed by atoms with Crippen molar-refractivity contribution >= 4 is 11.8 Å². The smallest absolute Gasteiger partial charge is 0.225 e. The third-order valence-electron chi connectivity index (χ3n) is 3.87. The number of nitrogens with one attached hydrogen (secondary N) is 1. The van der Waals surface area contributed by atoms with Crippen LogP contribution in [-0.2, 0) is 9.59 Å². The lowest BCUT2D eigenvalue weighted by molar-refractivity contribution is -0.128. The Kier molecular flexibility index (Phi) is 4.96. The highest BCUT2D eigenvalue weighted by Crippen LogP contribution is 2.16. The molecular formula is C14H23N3O2. The highest BCUT2D eigenvalue weighted by molar-refractivity contribution is 5.81. The third kappa shape index (κ3) is 4.06. The van der Waals surface area contributed by atoms with Gasteiger partial charge in [0.1, 0.15) is 0 Å². The normalized spacial score (nSPS) is 23.6. The lowest BCUT2D eigenvalue weighted by Gasteiger charge is -2.23. The van der Waals surface area contributed by atoms with Crippen LogP contribution in [0, 0.1) is 5.92 Å². The second kappa shape index (κ2) is 6.70. The van der Waals surface area contributed by atoms with E-state index in [2.05, 4.69) is 22.4 Å². The number of carbonyl (C=O) groups is 2. The van der Waals surface area contributed by atoms with Crippen LogP contribution in [0.4, 0.5) is 0 Å². The first-order valence-electron chi connectivity index (χ1n) is 7.07. The molecule has 0 bridgehead atoms. The zero-order chi connectivity index (χ0) is 13.7. The van der Waals surface area contributed by atoms with Gasteiger partial charge in [0.15, 0.2) is 0 Å². The molecule has 2 amide bonds. The minimum Gasteiger partial charge on any atom is -0.355 e. The molecule has 1 fully saturated rings. The van der Waals surface area contributed by atoms with Crippen molar-refractivity contribution in [2.24, 2.45) is 5.92 Å². The Morgan fingerprint density at radius 3 is 2.79 bits per heavy atom. The van der Waals surface area contributed by atoms with E-state index in [1.54, 1.807) is 11.8 Å². The quantitative estimate of drug-likeness (QED) is 0.741. The average molecular weight is 265 g/mol. The Morgan fingerprint density at radius 2 is 2.16 bits per heavy atom. The van der Waals surface area contributed by atoms with Crippen LogP contribution in [-0.4, -0.2) is 60.9 Å². The van der Waals surface area contributed by atoms with E-state index < -0.39 is 0 Å². The topological polar surface area (TPSA) is 52.7 Å². The van der Waals surface area contributed by atoms with E-state index in [0.717, 1.165) is 32.5 Å². The van der Waals surface area contributed by atoms with Crippen molar-refractivity contribution in [3.63, 3.8) is 0 Å². The van der Waals surface area contributed by atoms with Crippen molar-refractivity contribution in [1.82, 2.24) is 15.1 Å². The molecule has 106 valence electrons. The van der Waals surface area contributed by atoms with E-state index in [0.29, 0.717) is 19.6 Å². The SMILES string of the molecule is CC(=O)N1CCC(C(=O)NCCN2CC=CCC2)C1. The van der Waals surface area contributed by atoms with Gasteiger partial charge in [-0.25, -0.2) is 0 Å². The van der Waals surface area contributed by atoms with Crippen LogP contribution in [0.5, 0.6) is 0 Å². The summed E-state index contributed by atoms with van der Waals surface area (Å²) < 4.78 is 0. The molecule has 1 atom stereocenters. The molecule has 5 nitrogen and oxygen atoms in total. The Bertz CT molecular complexity index is 368. The van der Waals surface area contributed by atoms with Crippen LogP contribution in [0.25, 0.3) is 0 Å². The van der Waals surface area contributed by atoms with Gasteiger partial charge in [0, 0.05) is 46.2 Å². The molecule has 2 aliphatic heterocycles. The van der Waals surface area contributed by atoms with Crippen molar-refractivity contribution in [2.45, 2.75) is 19.8 Å². The van der Waals surface area contributed by atoms with Crippen LogP contribution in [0.3, 0.4) is 0 Å². The molecular weight excluding hydrogens is 242 g/mol. The molecule has 19 heavy (non-hydrogen) atoms. The molecule has 5 heteroatoms. The number of rotatable bonds is 4. The monoisotopic (exact) mass is 265 g/mol. The van der Waals surface area contributed by atoms with Gasteiger partial charge in [-0.3, -0.25) is 14.5 Å². The predicted molar refractivity (Wildman–Crippen MR) is 73.6 cm³/mol. The molecule has 2 heterocycles. The summed E-state index contributed by atoms with van der Waals surface area (Å²) in [4.78, 5) is 27.3. The molecule has 2 aliphatic rings. The third-order valence-corrected chi connectivity index (χ3v) is 3.87. The summed E-state index contributed by atoms with van der Waals surface area (Å²) in [5.74, 6) is 0.136. The van der Waals surface area contributed by atoms with E-state index in [-0.39, 0.29) is 17.7 Å². The fraction of sp³-hybridized carbons (Fsp3) is 0.714. The molecule has 2 rings (SSSR count). The largest absolute Gasteiger partial charge is 0.355 e. The summed E-state index contributed by atoms with van der Waals surface area (Å²) in [6.07, 6.45) is 6.26. The van der Waals surface area contributed by atoms with Gasteiger partial charge in [0.25, 0.3) is 0 Å². The molecule has 1 saturated heterocycles. The van der Waals surface area contributed by atoms with Crippen LogP contribution >= 0.6 is 0 Å². The molecule has 0 spiro atoms. The number of amides is 2. The van der Waals surface area contributed by atoms with Crippen LogP contribution in [0.1, 0.15) is 19.8 Å². The molecule has 0 aromatic heterocycles. The average Bonchev–Trinajstić information content (AvgIpc) is 2.89.